The Balaban J connectivity index is 3.28. The lowest BCUT2D eigenvalue weighted by Crippen LogP contribution is -2.37. The standard InChI is InChI=1S/C7H17N2O3/c1-9(2,3)4-5-11-12-7(10)6-8/h4-6,8H2,1-3H3/q+1. The van der Waals surface area contributed by atoms with E-state index in [9.17, 15) is 4.79 Å². The van der Waals surface area contributed by atoms with Gasteiger partial charge in [0.15, 0.2) is 0 Å². The summed E-state index contributed by atoms with van der Waals surface area (Å²) < 4.78 is 0.764. The molecule has 0 aromatic rings. The van der Waals surface area contributed by atoms with Gasteiger partial charge < -0.3 is 10.2 Å². The van der Waals surface area contributed by atoms with Gasteiger partial charge in [-0.3, -0.25) is 4.89 Å². The van der Waals surface area contributed by atoms with Crippen LogP contribution in [0.1, 0.15) is 0 Å². The fourth-order valence-corrected chi connectivity index (χ4v) is 0.453. The minimum absolute atomic E-state index is 0.148. The topological polar surface area (TPSA) is 61.5 Å². The van der Waals surface area contributed by atoms with E-state index >= 15 is 0 Å². The Kier molecular flexibility index (Phi) is 4.80. The highest BCUT2D eigenvalue weighted by Crippen LogP contribution is 1.89. The molecule has 0 heterocycles. The number of nitrogens with zero attached hydrogens (tertiary/aromatic N) is 1. The monoisotopic (exact) mass is 177 g/mol. The van der Waals surface area contributed by atoms with Gasteiger partial charge in [0.1, 0.15) is 13.2 Å². The molecule has 0 saturated carbocycles. The van der Waals surface area contributed by atoms with Gasteiger partial charge in [0.25, 0.3) is 0 Å². The first-order valence-electron chi connectivity index (χ1n) is 3.78. The summed E-state index contributed by atoms with van der Waals surface area (Å²) in [4.78, 5) is 19.4. The van der Waals surface area contributed by atoms with E-state index in [0.717, 1.165) is 11.0 Å². The second-order valence-corrected chi connectivity index (χ2v) is 3.50. The molecular weight excluding hydrogens is 160 g/mol. The summed E-state index contributed by atoms with van der Waals surface area (Å²) >= 11 is 0. The maximum absolute atomic E-state index is 10.5. The van der Waals surface area contributed by atoms with E-state index in [-0.39, 0.29) is 6.54 Å². The second kappa shape index (κ2) is 5.08. The predicted octanol–water partition coefficient (Wildman–Crippen LogP) is -0.874. The molecule has 72 valence electrons. The fraction of sp³-hybridized carbons (Fsp3) is 0.857. The van der Waals surface area contributed by atoms with Gasteiger partial charge in [-0.15, -0.1) is 0 Å². The molecule has 0 aromatic heterocycles. The minimum Gasteiger partial charge on any atom is -0.329 e. The van der Waals surface area contributed by atoms with Crippen molar-refractivity contribution in [2.45, 2.75) is 0 Å². The highest BCUT2D eigenvalue weighted by atomic mass is 17.2. The number of carbonyl (C=O) groups excluding carboxylic acids is 1. The van der Waals surface area contributed by atoms with Crippen LogP contribution in [0.15, 0.2) is 0 Å². The maximum atomic E-state index is 10.5. The van der Waals surface area contributed by atoms with Crippen LogP contribution in [-0.2, 0) is 14.6 Å². The lowest BCUT2D eigenvalue weighted by Gasteiger charge is -2.22. The van der Waals surface area contributed by atoms with E-state index < -0.39 is 5.97 Å². The summed E-state index contributed by atoms with van der Waals surface area (Å²) in [6.07, 6.45) is 0. The number of hydrogen-bond acceptors (Lipinski definition) is 4. The Labute approximate surface area is 72.6 Å². The van der Waals surface area contributed by atoms with Gasteiger partial charge in [-0.05, 0) is 0 Å². The van der Waals surface area contributed by atoms with E-state index in [1.54, 1.807) is 0 Å². The lowest BCUT2D eigenvalue weighted by molar-refractivity contribution is -0.871. The van der Waals surface area contributed by atoms with E-state index in [1.165, 1.54) is 0 Å². The average Bonchev–Trinajstić information content (AvgIpc) is 1.96. The van der Waals surface area contributed by atoms with Crippen molar-refractivity contribution in [2.24, 2.45) is 5.73 Å². The SMILES string of the molecule is C[N+](C)(C)CCOOC(=O)CN. The summed E-state index contributed by atoms with van der Waals surface area (Å²) in [6, 6.07) is 0. The van der Waals surface area contributed by atoms with Crippen LogP contribution in [0.2, 0.25) is 0 Å². The normalized spacial score (nSPS) is 11.3. The number of nitrogens with two attached hydrogens (primary N) is 1. The smallest absolute Gasteiger partial charge is 0.329 e. The molecule has 5 nitrogen and oxygen atoms in total. The van der Waals surface area contributed by atoms with Crippen LogP contribution in [0.5, 0.6) is 0 Å². The summed E-state index contributed by atoms with van der Waals surface area (Å²) in [6.45, 7) is 1.01. The molecule has 0 saturated heterocycles. The van der Waals surface area contributed by atoms with Crippen molar-refractivity contribution in [3.63, 3.8) is 0 Å². The van der Waals surface area contributed by atoms with Gasteiger partial charge in [0.05, 0.1) is 27.7 Å². The van der Waals surface area contributed by atoms with Crippen molar-refractivity contribution in [1.82, 2.24) is 0 Å². The molecule has 0 fully saturated rings. The Morgan fingerprint density at radius 3 is 2.42 bits per heavy atom. The van der Waals surface area contributed by atoms with Crippen LogP contribution in [-0.4, -0.2) is 51.3 Å². The molecule has 0 spiro atoms. The van der Waals surface area contributed by atoms with Crippen LogP contribution in [0, 0.1) is 0 Å². The largest absolute Gasteiger partial charge is 0.355 e. The number of rotatable bonds is 5. The minimum atomic E-state index is -0.545. The predicted molar refractivity (Wildman–Crippen MR) is 44.0 cm³/mol. The molecule has 0 rings (SSSR count). The molecule has 0 radical (unpaired) electrons. The zero-order valence-electron chi connectivity index (χ0n) is 7.87. The molecule has 0 atom stereocenters. The van der Waals surface area contributed by atoms with Gasteiger partial charge in [-0.25, -0.2) is 4.79 Å². The van der Waals surface area contributed by atoms with E-state index in [4.69, 9.17) is 5.73 Å². The Bertz CT molecular complexity index is 142. The van der Waals surface area contributed by atoms with Gasteiger partial charge >= 0.3 is 5.97 Å². The number of hydrogen-bond donors (Lipinski definition) is 1. The highest BCUT2D eigenvalue weighted by molar-refractivity contribution is 5.70. The second-order valence-electron chi connectivity index (χ2n) is 3.50. The Morgan fingerprint density at radius 1 is 1.42 bits per heavy atom. The van der Waals surface area contributed by atoms with Crippen LogP contribution in [0.25, 0.3) is 0 Å². The fourth-order valence-electron chi connectivity index (χ4n) is 0.453. The van der Waals surface area contributed by atoms with Crippen molar-refractivity contribution in [2.75, 3.05) is 40.8 Å². The van der Waals surface area contributed by atoms with E-state index in [1.807, 2.05) is 21.1 Å². The van der Waals surface area contributed by atoms with Crippen molar-refractivity contribution in [3.05, 3.63) is 0 Å². The van der Waals surface area contributed by atoms with Crippen LogP contribution >= 0.6 is 0 Å². The quantitative estimate of drug-likeness (QED) is 0.256. The van der Waals surface area contributed by atoms with Gasteiger partial charge in [0, 0.05) is 0 Å². The van der Waals surface area contributed by atoms with Crippen molar-refractivity contribution in [1.29, 1.82) is 0 Å². The first-order valence-corrected chi connectivity index (χ1v) is 3.78. The Morgan fingerprint density at radius 2 is 2.00 bits per heavy atom. The highest BCUT2D eigenvalue weighted by Gasteiger charge is 2.07. The molecule has 5 heteroatoms. The first-order chi connectivity index (χ1) is 5.45. The van der Waals surface area contributed by atoms with Crippen molar-refractivity contribution in [3.8, 4) is 0 Å². The molecular formula is C7H17N2O3+. The van der Waals surface area contributed by atoms with Gasteiger partial charge in [-0.1, -0.05) is 0 Å². The zero-order chi connectivity index (χ0) is 9.61. The van der Waals surface area contributed by atoms with E-state index in [0.29, 0.717) is 6.61 Å². The molecule has 0 aliphatic rings. The average molecular weight is 177 g/mol. The molecule has 12 heavy (non-hydrogen) atoms. The number of quaternary nitrogens is 1. The molecule has 0 aliphatic heterocycles. The molecule has 0 amide bonds. The molecule has 0 bridgehead atoms. The Hall–Kier alpha value is -0.650. The van der Waals surface area contributed by atoms with Crippen LogP contribution in [0.4, 0.5) is 0 Å². The van der Waals surface area contributed by atoms with Crippen molar-refractivity contribution >= 4 is 5.97 Å². The zero-order valence-corrected chi connectivity index (χ0v) is 7.87. The van der Waals surface area contributed by atoms with E-state index in [2.05, 4.69) is 9.78 Å². The van der Waals surface area contributed by atoms with Crippen LogP contribution in [0.3, 0.4) is 0 Å². The third kappa shape index (κ3) is 7.46. The summed E-state index contributed by atoms with van der Waals surface area (Å²) in [5, 5.41) is 0. The molecule has 0 unspecified atom stereocenters. The summed E-state index contributed by atoms with van der Waals surface area (Å²) in [5.41, 5.74) is 4.98. The molecule has 2 N–H and O–H groups in total. The summed E-state index contributed by atoms with van der Waals surface area (Å²) in [7, 11) is 6.07. The number of likely N-dealkylation sites (N-methyl/N-ethyl adjacent to an activating group) is 1. The summed E-state index contributed by atoms with van der Waals surface area (Å²) in [5.74, 6) is -0.545. The maximum Gasteiger partial charge on any atom is 0.355 e. The van der Waals surface area contributed by atoms with Gasteiger partial charge in [-0.2, -0.15) is 4.89 Å². The van der Waals surface area contributed by atoms with Crippen molar-refractivity contribution < 1.29 is 19.1 Å². The lowest BCUT2D eigenvalue weighted by atomic mass is 10.5. The first kappa shape index (κ1) is 11.4. The third-order valence-corrected chi connectivity index (χ3v) is 1.16. The van der Waals surface area contributed by atoms with Gasteiger partial charge in [0.2, 0.25) is 0 Å². The number of carbonyl (C=O) groups is 1. The van der Waals surface area contributed by atoms with Crippen LogP contribution < -0.4 is 5.73 Å². The molecule has 0 aromatic carbocycles. The third-order valence-electron chi connectivity index (χ3n) is 1.16. The molecule has 0 aliphatic carbocycles.